The highest BCUT2D eigenvalue weighted by Crippen LogP contribution is 2.11. The van der Waals surface area contributed by atoms with Crippen molar-refractivity contribution in [3.8, 4) is 5.69 Å². The summed E-state index contributed by atoms with van der Waals surface area (Å²) in [4.78, 5) is 11.5. The topological polar surface area (TPSA) is 60.9 Å². The second-order valence-corrected chi connectivity index (χ2v) is 3.93. The van der Waals surface area contributed by atoms with Crippen LogP contribution in [0.4, 0.5) is 5.69 Å². The number of nitrogens with two attached hydrogens (primary N) is 1. The predicted molar refractivity (Wildman–Crippen MR) is 61.9 cm³/mol. The third-order valence-corrected chi connectivity index (χ3v) is 2.42. The van der Waals surface area contributed by atoms with Crippen molar-refractivity contribution in [2.24, 2.45) is 0 Å². The van der Waals surface area contributed by atoms with Crippen LogP contribution in [0.3, 0.4) is 0 Å². The van der Waals surface area contributed by atoms with E-state index in [1.54, 1.807) is 12.1 Å². The van der Waals surface area contributed by atoms with Crippen molar-refractivity contribution in [1.82, 2.24) is 9.78 Å². The fourth-order valence-corrected chi connectivity index (χ4v) is 1.46. The third-order valence-electron chi connectivity index (χ3n) is 1.89. The predicted octanol–water partition coefficient (Wildman–Crippen LogP) is 1.58. The molecule has 4 nitrogen and oxygen atoms in total. The van der Waals surface area contributed by atoms with Crippen molar-refractivity contribution in [3.05, 3.63) is 51.4 Å². The first-order valence-electron chi connectivity index (χ1n) is 4.27. The standard InChI is InChI=1S/C10H8BrN3O/c11-7-1-3-9(4-2-7)14-10(15)5-8(12)6-13-14/h1-6H,12H2. The van der Waals surface area contributed by atoms with Crippen LogP contribution in [0, 0.1) is 0 Å². The Morgan fingerprint density at radius 2 is 1.93 bits per heavy atom. The maximum atomic E-state index is 11.5. The van der Waals surface area contributed by atoms with Crippen molar-refractivity contribution >= 4 is 21.6 Å². The molecule has 0 aliphatic carbocycles. The van der Waals surface area contributed by atoms with Crippen LogP contribution in [0.5, 0.6) is 0 Å². The smallest absolute Gasteiger partial charge is 0.273 e. The second kappa shape index (κ2) is 3.86. The number of hydrogen-bond acceptors (Lipinski definition) is 3. The minimum atomic E-state index is -0.239. The van der Waals surface area contributed by atoms with Gasteiger partial charge in [-0.3, -0.25) is 4.79 Å². The summed E-state index contributed by atoms with van der Waals surface area (Å²) in [5, 5.41) is 3.94. The van der Waals surface area contributed by atoms with Crippen LogP contribution in [0.25, 0.3) is 5.69 Å². The molecule has 0 unspecified atom stereocenters. The number of aromatic nitrogens is 2. The quantitative estimate of drug-likeness (QED) is 0.852. The molecule has 0 spiro atoms. The largest absolute Gasteiger partial charge is 0.397 e. The van der Waals surface area contributed by atoms with Crippen molar-refractivity contribution in [2.45, 2.75) is 0 Å². The minimum absolute atomic E-state index is 0.239. The van der Waals surface area contributed by atoms with E-state index in [4.69, 9.17) is 5.73 Å². The molecule has 1 heterocycles. The molecule has 1 aromatic carbocycles. The van der Waals surface area contributed by atoms with Crippen LogP contribution in [-0.2, 0) is 0 Å². The van der Waals surface area contributed by atoms with Gasteiger partial charge in [-0.2, -0.15) is 9.78 Å². The van der Waals surface area contributed by atoms with Gasteiger partial charge in [-0.1, -0.05) is 15.9 Å². The summed E-state index contributed by atoms with van der Waals surface area (Å²) in [6.07, 6.45) is 1.45. The minimum Gasteiger partial charge on any atom is -0.397 e. The molecule has 0 amide bonds. The Hall–Kier alpha value is -1.62. The molecule has 0 saturated heterocycles. The monoisotopic (exact) mass is 265 g/mol. The third kappa shape index (κ3) is 2.07. The van der Waals surface area contributed by atoms with Gasteiger partial charge in [0, 0.05) is 10.5 Å². The number of nitrogens with zero attached hydrogens (tertiary/aromatic N) is 2. The van der Waals surface area contributed by atoms with Crippen LogP contribution in [-0.4, -0.2) is 9.78 Å². The van der Waals surface area contributed by atoms with Gasteiger partial charge in [0.25, 0.3) is 5.56 Å². The molecular formula is C10H8BrN3O. The highest BCUT2D eigenvalue weighted by molar-refractivity contribution is 9.10. The summed E-state index contributed by atoms with van der Waals surface area (Å²) >= 11 is 3.32. The molecule has 0 radical (unpaired) electrons. The van der Waals surface area contributed by atoms with Crippen molar-refractivity contribution in [2.75, 3.05) is 5.73 Å². The normalized spacial score (nSPS) is 10.2. The number of nitrogen functional groups attached to an aromatic ring is 1. The molecule has 2 rings (SSSR count). The lowest BCUT2D eigenvalue weighted by Gasteiger charge is -2.03. The number of benzene rings is 1. The molecule has 5 heteroatoms. The van der Waals surface area contributed by atoms with Gasteiger partial charge < -0.3 is 5.73 Å². The molecule has 0 atom stereocenters. The maximum Gasteiger partial charge on any atom is 0.273 e. The zero-order chi connectivity index (χ0) is 10.8. The van der Waals surface area contributed by atoms with Gasteiger partial charge >= 0.3 is 0 Å². The number of rotatable bonds is 1. The number of halogens is 1. The number of hydrogen-bond donors (Lipinski definition) is 1. The molecule has 0 bridgehead atoms. The number of anilines is 1. The van der Waals surface area contributed by atoms with E-state index >= 15 is 0 Å². The summed E-state index contributed by atoms with van der Waals surface area (Å²) < 4.78 is 2.25. The van der Waals surface area contributed by atoms with Gasteiger partial charge in [0.05, 0.1) is 17.6 Å². The Bertz CT molecular complexity index is 533. The van der Waals surface area contributed by atoms with E-state index in [1.165, 1.54) is 16.9 Å². The highest BCUT2D eigenvalue weighted by atomic mass is 79.9. The lowest BCUT2D eigenvalue weighted by atomic mass is 10.3. The Labute approximate surface area is 94.5 Å². The maximum absolute atomic E-state index is 11.5. The van der Waals surface area contributed by atoms with Gasteiger partial charge in [-0.25, -0.2) is 0 Å². The SMILES string of the molecule is Nc1cnn(-c2ccc(Br)cc2)c(=O)c1. The highest BCUT2D eigenvalue weighted by Gasteiger charge is 2.00. The molecular weight excluding hydrogens is 258 g/mol. The van der Waals surface area contributed by atoms with E-state index in [1.807, 2.05) is 12.1 Å². The fraction of sp³-hybridized carbons (Fsp3) is 0. The Morgan fingerprint density at radius 3 is 2.53 bits per heavy atom. The zero-order valence-corrected chi connectivity index (χ0v) is 9.31. The molecule has 2 aromatic rings. The van der Waals surface area contributed by atoms with Gasteiger partial charge in [-0.15, -0.1) is 0 Å². The van der Waals surface area contributed by atoms with Crippen LogP contribution in [0.2, 0.25) is 0 Å². The van der Waals surface area contributed by atoms with Crippen LogP contribution in [0.15, 0.2) is 45.8 Å². The van der Waals surface area contributed by atoms with Crippen molar-refractivity contribution in [3.63, 3.8) is 0 Å². The average Bonchev–Trinajstić information content (AvgIpc) is 2.20. The molecule has 1 aromatic heterocycles. The lowest BCUT2D eigenvalue weighted by Crippen LogP contribution is -2.20. The molecule has 0 aliphatic rings. The van der Waals surface area contributed by atoms with Gasteiger partial charge in [0.1, 0.15) is 0 Å². The Kier molecular flexibility index (Phi) is 2.55. The van der Waals surface area contributed by atoms with E-state index in [2.05, 4.69) is 21.0 Å². The van der Waals surface area contributed by atoms with Crippen molar-refractivity contribution < 1.29 is 0 Å². The van der Waals surface area contributed by atoms with E-state index in [0.717, 1.165) is 4.47 Å². The Morgan fingerprint density at radius 1 is 1.27 bits per heavy atom. The van der Waals surface area contributed by atoms with E-state index < -0.39 is 0 Å². The van der Waals surface area contributed by atoms with Gasteiger partial charge in [0.2, 0.25) is 0 Å². The first-order valence-corrected chi connectivity index (χ1v) is 5.07. The van der Waals surface area contributed by atoms with Crippen LogP contribution >= 0.6 is 15.9 Å². The zero-order valence-electron chi connectivity index (χ0n) is 7.72. The summed E-state index contributed by atoms with van der Waals surface area (Å²) in [6, 6.07) is 8.64. The molecule has 2 N–H and O–H groups in total. The fourth-order valence-electron chi connectivity index (χ4n) is 1.20. The summed E-state index contributed by atoms with van der Waals surface area (Å²) in [7, 11) is 0. The summed E-state index contributed by atoms with van der Waals surface area (Å²) in [5.41, 5.74) is 6.29. The van der Waals surface area contributed by atoms with E-state index in [9.17, 15) is 4.79 Å². The van der Waals surface area contributed by atoms with E-state index in [0.29, 0.717) is 11.4 Å². The molecule has 0 fully saturated rings. The molecule has 0 aliphatic heterocycles. The van der Waals surface area contributed by atoms with Crippen LogP contribution in [0.1, 0.15) is 0 Å². The van der Waals surface area contributed by atoms with E-state index in [-0.39, 0.29) is 5.56 Å². The second-order valence-electron chi connectivity index (χ2n) is 3.02. The first kappa shape index (κ1) is 9.92. The van der Waals surface area contributed by atoms with Gasteiger partial charge in [-0.05, 0) is 24.3 Å². The first-order chi connectivity index (χ1) is 7.16. The van der Waals surface area contributed by atoms with Crippen molar-refractivity contribution in [1.29, 1.82) is 0 Å². The van der Waals surface area contributed by atoms with Crippen LogP contribution < -0.4 is 11.3 Å². The molecule has 0 saturated carbocycles. The van der Waals surface area contributed by atoms with Gasteiger partial charge in [0.15, 0.2) is 0 Å². The lowest BCUT2D eigenvalue weighted by molar-refractivity contribution is 0.809. The molecule has 76 valence electrons. The molecule has 15 heavy (non-hydrogen) atoms. The summed E-state index contributed by atoms with van der Waals surface area (Å²) in [6.45, 7) is 0. The Balaban J connectivity index is 2.55. The average molecular weight is 266 g/mol. The summed E-state index contributed by atoms with van der Waals surface area (Å²) in [5.74, 6) is 0.